The van der Waals surface area contributed by atoms with Crippen LogP contribution in [0.25, 0.3) is 256 Å². The summed E-state index contributed by atoms with van der Waals surface area (Å²) in [6.07, 6.45) is 5.66. The second-order valence-corrected chi connectivity index (χ2v) is 35.2. The Morgan fingerprint density at radius 3 is 1.05 bits per heavy atom. The summed E-state index contributed by atoms with van der Waals surface area (Å²) in [6.45, 7) is 0. The highest BCUT2D eigenvalue weighted by molar-refractivity contribution is 6.18. The summed E-state index contributed by atoms with van der Waals surface area (Å²) in [4.78, 5) is 45.0. The number of aromatic nitrogens is 13. The molecule has 0 fully saturated rings. The fourth-order valence-electron chi connectivity index (χ4n) is 20.2. The van der Waals surface area contributed by atoms with Gasteiger partial charge in [0, 0.05) is 117 Å². The van der Waals surface area contributed by atoms with Crippen molar-refractivity contribution in [3.05, 3.63) is 492 Å². The molecule has 0 saturated heterocycles. The fourth-order valence-corrected chi connectivity index (χ4v) is 20.2. The van der Waals surface area contributed by atoms with Gasteiger partial charge in [0.1, 0.15) is 0 Å². The van der Waals surface area contributed by atoms with Gasteiger partial charge in [-0.15, -0.1) is 0 Å². The minimum atomic E-state index is 0.632. The van der Waals surface area contributed by atoms with Crippen LogP contribution in [0.4, 0.5) is 0 Å². The maximum atomic E-state index is 5.25. The summed E-state index contributed by atoms with van der Waals surface area (Å²) in [5.41, 5.74) is 33.6. The largest absolute Gasteiger partial charge is 0.309 e. The van der Waals surface area contributed by atoms with Crippen LogP contribution in [0.3, 0.4) is 0 Å². The number of nitrogens with zero attached hydrogens (tertiary/aromatic N) is 13. The first-order chi connectivity index (χ1) is 69.4. The fraction of sp³-hybridized carbons (Fsp3) is 0. The molecule has 0 aliphatic heterocycles. The Morgan fingerprint density at radius 1 is 0.179 bits per heavy atom. The molecule has 0 spiro atoms. The van der Waals surface area contributed by atoms with Crippen molar-refractivity contribution in [3.63, 3.8) is 0 Å². The Balaban J connectivity index is 0.000000145. The van der Waals surface area contributed by atoms with Crippen LogP contribution in [0.15, 0.2) is 492 Å². The maximum absolute atomic E-state index is 5.25. The van der Waals surface area contributed by atoms with Gasteiger partial charge in [0.2, 0.25) is 5.95 Å². The van der Waals surface area contributed by atoms with Crippen LogP contribution in [-0.4, -0.2) is 63.1 Å². The number of para-hydroxylation sites is 4. The molecular formula is C127H81N13. The van der Waals surface area contributed by atoms with E-state index in [1.807, 2.05) is 134 Å². The van der Waals surface area contributed by atoms with Crippen LogP contribution in [0.2, 0.25) is 0 Å². The van der Waals surface area contributed by atoms with Gasteiger partial charge in [-0.2, -0.15) is 0 Å². The van der Waals surface area contributed by atoms with Gasteiger partial charge in [-0.25, -0.2) is 34.9 Å². The lowest BCUT2D eigenvalue weighted by Crippen LogP contribution is -2.04. The van der Waals surface area contributed by atoms with E-state index in [2.05, 4.69) is 381 Å². The van der Waals surface area contributed by atoms with Crippen LogP contribution in [0.5, 0.6) is 0 Å². The maximum Gasteiger partial charge on any atom is 0.235 e. The zero-order valence-corrected chi connectivity index (χ0v) is 75.6. The van der Waals surface area contributed by atoms with Crippen molar-refractivity contribution in [1.29, 1.82) is 0 Å². The second kappa shape index (κ2) is 34.7. The molecule has 18 aromatic carbocycles. The molecule has 0 bridgehead atoms. The topological polar surface area (TPSA) is 136 Å². The lowest BCUT2D eigenvalue weighted by Gasteiger charge is -2.12. The average Bonchev–Trinajstić information content (AvgIpc) is 2.47. The molecule has 0 atom stereocenters. The zero-order valence-electron chi connectivity index (χ0n) is 75.6. The summed E-state index contributed by atoms with van der Waals surface area (Å²) in [5, 5.41) is 10.5. The Morgan fingerprint density at radius 2 is 0.529 bits per heavy atom. The molecule has 27 rings (SSSR count). The van der Waals surface area contributed by atoms with Crippen LogP contribution >= 0.6 is 0 Å². The average molecular weight is 1790 g/mol. The van der Waals surface area contributed by atoms with E-state index in [9.17, 15) is 0 Å². The van der Waals surface area contributed by atoms with Gasteiger partial charge in [0.05, 0.1) is 84.3 Å². The lowest BCUT2D eigenvalue weighted by molar-refractivity contribution is 0.995. The van der Waals surface area contributed by atoms with Gasteiger partial charge in [0.15, 0.2) is 23.3 Å². The van der Waals surface area contributed by atoms with Crippen molar-refractivity contribution in [2.24, 2.45) is 0 Å². The van der Waals surface area contributed by atoms with Gasteiger partial charge in [-0.05, 0) is 166 Å². The van der Waals surface area contributed by atoms with E-state index in [4.69, 9.17) is 39.9 Å². The highest BCUT2D eigenvalue weighted by Crippen LogP contribution is 2.45. The Labute approximate surface area is 805 Å². The first-order valence-corrected chi connectivity index (χ1v) is 47.0. The van der Waals surface area contributed by atoms with Crippen molar-refractivity contribution in [3.8, 4) is 158 Å². The molecule has 0 aliphatic carbocycles. The summed E-state index contributed by atoms with van der Waals surface area (Å²) in [5.74, 6) is 3.25. The summed E-state index contributed by atoms with van der Waals surface area (Å²) < 4.78 is 9.30. The molecule has 0 saturated carbocycles. The molecule has 0 aliphatic rings. The second-order valence-electron chi connectivity index (χ2n) is 35.2. The van der Waals surface area contributed by atoms with E-state index in [-0.39, 0.29) is 0 Å². The normalized spacial score (nSPS) is 11.6. The third-order valence-electron chi connectivity index (χ3n) is 26.9. The van der Waals surface area contributed by atoms with E-state index in [0.717, 1.165) is 189 Å². The minimum absolute atomic E-state index is 0.632. The van der Waals surface area contributed by atoms with E-state index in [1.165, 1.54) is 37.9 Å². The number of fused-ring (bicyclic) bond motifs is 13. The Hall–Kier alpha value is -19.1. The molecule has 9 aromatic heterocycles. The smallest absolute Gasteiger partial charge is 0.235 e. The predicted molar refractivity (Wildman–Crippen MR) is 573 cm³/mol. The summed E-state index contributed by atoms with van der Waals surface area (Å²) >= 11 is 0. The first-order valence-electron chi connectivity index (χ1n) is 47.0. The molecule has 0 amide bonds. The van der Waals surface area contributed by atoms with Crippen molar-refractivity contribution < 1.29 is 0 Å². The molecule has 13 heteroatoms. The van der Waals surface area contributed by atoms with E-state index in [1.54, 1.807) is 0 Å². The molecular weight excluding hydrogens is 1710 g/mol. The standard InChI is InChI=1S/C68H44N6.C59H37N7/c1-5-18-46(19-6-1)59-43-60(47-20-7-2-8-21-47)70-67(69-59)50-34-32-45(33-35-50)52-36-38-65-57(41-52)55-28-13-15-30-63(55)73(65)54-27-17-26-51(40-54)53-37-39-66-58(42-53)56-29-14-16-31-64(56)74(66)68-71-61(48-22-9-3-10-23-48)44-62(72-68)49-24-11-4-12-25-49;1-3-14-39(15-4-1)57-62-58(40-16-5-2-6-17-40)64-59(63-57)43-19-11-18-41(34-43)42-29-32-52-49(35-42)47-21-7-9-24-50(47)65(52)45-30-27-38(28-31-45)46-23-12-26-53-55(46)48-22-8-10-25-51(48)66(53)54-37-60-36-44-20-13-33-61-56(44)54/h1-44H;1-37H. The zero-order chi connectivity index (χ0) is 92.5. The van der Waals surface area contributed by atoms with Crippen molar-refractivity contribution >= 4 is 98.1 Å². The summed E-state index contributed by atoms with van der Waals surface area (Å²) in [7, 11) is 0. The van der Waals surface area contributed by atoms with Crippen molar-refractivity contribution in [1.82, 2.24) is 63.1 Å². The van der Waals surface area contributed by atoms with Gasteiger partial charge < -0.3 is 13.7 Å². The third-order valence-corrected chi connectivity index (χ3v) is 26.9. The highest BCUT2D eigenvalue weighted by Gasteiger charge is 2.25. The third kappa shape index (κ3) is 14.7. The minimum Gasteiger partial charge on any atom is -0.309 e. The van der Waals surface area contributed by atoms with Gasteiger partial charge in [-0.1, -0.05) is 352 Å². The Kier molecular flexibility index (Phi) is 20.3. The van der Waals surface area contributed by atoms with Gasteiger partial charge >= 0.3 is 0 Å². The quantitative estimate of drug-likeness (QED) is 0.0926. The molecule has 0 unspecified atom stereocenters. The molecule has 654 valence electrons. The first kappa shape index (κ1) is 81.6. The van der Waals surface area contributed by atoms with Crippen LogP contribution in [0, 0.1) is 0 Å². The van der Waals surface area contributed by atoms with Crippen molar-refractivity contribution in [2.75, 3.05) is 0 Å². The van der Waals surface area contributed by atoms with Crippen LogP contribution in [-0.2, 0) is 0 Å². The molecule has 0 N–H and O–H groups in total. The number of hydrogen-bond acceptors (Lipinski definition) is 9. The number of rotatable bonds is 16. The van der Waals surface area contributed by atoms with Gasteiger partial charge in [0.25, 0.3) is 0 Å². The molecule has 27 aromatic rings. The molecule has 13 nitrogen and oxygen atoms in total. The van der Waals surface area contributed by atoms with E-state index < -0.39 is 0 Å². The number of hydrogen-bond donors (Lipinski definition) is 0. The lowest BCUT2D eigenvalue weighted by atomic mass is 9.99. The molecule has 9 heterocycles. The van der Waals surface area contributed by atoms with Crippen LogP contribution < -0.4 is 0 Å². The van der Waals surface area contributed by atoms with E-state index >= 15 is 0 Å². The van der Waals surface area contributed by atoms with Gasteiger partial charge in [-0.3, -0.25) is 14.5 Å². The van der Waals surface area contributed by atoms with Crippen LogP contribution in [0.1, 0.15) is 0 Å². The monoisotopic (exact) mass is 1790 g/mol. The highest BCUT2D eigenvalue weighted by atomic mass is 15.2. The predicted octanol–water partition coefficient (Wildman–Crippen LogP) is 31.5. The molecule has 140 heavy (non-hydrogen) atoms. The van der Waals surface area contributed by atoms with E-state index in [0.29, 0.717) is 29.2 Å². The summed E-state index contributed by atoms with van der Waals surface area (Å²) in [6, 6.07) is 166. The SMILES string of the molecule is c1ccc(-c2cc(-c3ccccc3)nc(-c3ccc(-c4ccc5c(c4)c4ccccc4n5-c4cccc(-c5ccc6c(c5)c5ccccc5n6-c5nc(-c6ccccc6)cc(-c6ccccc6)n5)c4)cc3)n2)cc1.c1ccc(-c2nc(-c3ccccc3)nc(-c3cccc(-c4ccc5c(c4)c4ccccc4n5-c4ccc(-c5cccc6c5c5ccccc5n6-c5cncc6cccnc56)cc4)c3)n2)cc1. The van der Waals surface area contributed by atoms with Crippen molar-refractivity contribution in [2.45, 2.75) is 0 Å². The Bertz CT molecular complexity index is 9290. The number of benzene rings is 18. The number of pyridine rings is 2. The molecule has 0 radical (unpaired) electrons.